The standard InChI is InChI=1S/C8H5Br2ClF2O/c9-5-1-2-6(14-8(12)13)7(10)4(5)3-11/h1-2,8H,3H2. The van der Waals surface area contributed by atoms with Gasteiger partial charge < -0.3 is 4.74 Å². The van der Waals surface area contributed by atoms with Gasteiger partial charge in [0.1, 0.15) is 5.75 Å². The molecule has 0 amide bonds. The first kappa shape index (κ1) is 12.2. The maximum Gasteiger partial charge on any atom is 0.387 e. The van der Waals surface area contributed by atoms with Gasteiger partial charge in [-0.3, -0.25) is 0 Å². The fourth-order valence-electron chi connectivity index (χ4n) is 0.886. The van der Waals surface area contributed by atoms with Crippen LogP contribution >= 0.6 is 43.5 Å². The van der Waals surface area contributed by atoms with Gasteiger partial charge in [0, 0.05) is 10.4 Å². The van der Waals surface area contributed by atoms with Crippen LogP contribution in [0.5, 0.6) is 5.75 Å². The first-order valence-corrected chi connectivity index (χ1v) is 5.66. The van der Waals surface area contributed by atoms with E-state index in [9.17, 15) is 8.78 Å². The molecule has 0 aliphatic rings. The van der Waals surface area contributed by atoms with Gasteiger partial charge >= 0.3 is 6.61 Å². The Balaban J connectivity index is 3.08. The topological polar surface area (TPSA) is 9.23 Å². The van der Waals surface area contributed by atoms with Gasteiger partial charge in [0.25, 0.3) is 0 Å². The van der Waals surface area contributed by atoms with E-state index >= 15 is 0 Å². The Bertz CT molecular complexity index is 333. The minimum atomic E-state index is -2.84. The van der Waals surface area contributed by atoms with Gasteiger partial charge in [-0.05, 0) is 33.6 Å². The molecule has 1 rings (SSSR count). The SMILES string of the molecule is FC(F)Oc1ccc(Br)c(CCl)c1Br. The van der Waals surface area contributed by atoms with Crippen molar-refractivity contribution in [2.75, 3.05) is 0 Å². The molecular formula is C8H5Br2ClF2O. The Kier molecular flexibility index (Phi) is 4.60. The van der Waals surface area contributed by atoms with Gasteiger partial charge in [-0.1, -0.05) is 15.9 Å². The molecule has 0 unspecified atom stereocenters. The van der Waals surface area contributed by atoms with Crippen molar-refractivity contribution in [3.63, 3.8) is 0 Å². The summed E-state index contributed by atoms with van der Waals surface area (Å²) in [6.07, 6.45) is 0. The van der Waals surface area contributed by atoms with E-state index < -0.39 is 6.61 Å². The Morgan fingerprint density at radius 1 is 1.36 bits per heavy atom. The maximum absolute atomic E-state index is 11.9. The van der Waals surface area contributed by atoms with Crippen LogP contribution in [-0.4, -0.2) is 6.61 Å². The van der Waals surface area contributed by atoms with E-state index in [2.05, 4.69) is 36.6 Å². The molecule has 0 aliphatic heterocycles. The van der Waals surface area contributed by atoms with Crippen LogP contribution in [0.15, 0.2) is 21.1 Å². The second-order valence-corrected chi connectivity index (χ2v) is 4.26. The highest BCUT2D eigenvalue weighted by molar-refractivity contribution is 9.11. The van der Waals surface area contributed by atoms with Gasteiger partial charge in [0.15, 0.2) is 0 Å². The average Bonchev–Trinajstić information content (AvgIpc) is 2.10. The molecule has 6 heteroatoms. The van der Waals surface area contributed by atoms with Crippen LogP contribution in [0.4, 0.5) is 8.78 Å². The lowest BCUT2D eigenvalue weighted by Crippen LogP contribution is -2.03. The fraction of sp³-hybridized carbons (Fsp3) is 0.250. The summed E-state index contributed by atoms with van der Waals surface area (Å²) in [4.78, 5) is 0. The van der Waals surface area contributed by atoms with Crippen LogP contribution < -0.4 is 4.74 Å². The molecule has 0 aromatic heterocycles. The third kappa shape index (κ3) is 2.81. The molecule has 0 aliphatic carbocycles. The normalized spacial score (nSPS) is 10.7. The summed E-state index contributed by atoms with van der Waals surface area (Å²) in [5, 5.41) is 0. The van der Waals surface area contributed by atoms with Crippen molar-refractivity contribution in [1.82, 2.24) is 0 Å². The van der Waals surface area contributed by atoms with E-state index in [0.29, 0.717) is 10.0 Å². The van der Waals surface area contributed by atoms with E-state index in [1.807, 2.05) is 0 Å². The second-order valence-electron chi connectivity index (χ2n) is 2.35. The number of alkyl halides is 3. The Morgan fingerprint density at radius 2 is 2.00 bits per heavy atom. The molecule has 78 valence electrons. The first-order valence-electron chi connectivity index (χ1n) is 3.54. The summed E-state index contributed by atoms with van der Waals surface area (Å²) >= 11 is 12.0. The van der Waals surface area contributed by atoms with E-state index in [-0.39, 0.29) is 11.6 Å². The highest BCUT2D eigenvalue weighted by Crippen LogP contribution is 2.35. The molecule has 0 heterocycles. The van der Waals surface area contributed by atoms with Gasteiger partial charge in [-0.25, -0.2) is 0 Å². The predicted molar refractivity (Wildman–Crippen MR) is 58.0 cm³/mol. The van der Waals surface area contributed by atoms with Gasteiger partial charge in [-0.2, -0.15) is 8.78 Å². The van der Waals surface area contributed by atoms with Gasteiger partial charge in [-0.15, -0.1) is 11.6 Å². The van der Waals surface area contributed by atoms with Crippen LogP contribution in [0.3, 0.4) is 0 Å². The summed E-state index contributed by atoms with van der Waals surface area (Å²) in [6, 6.07) is 3.05. The number of ether oxygens (including phenoxy) is 1. The molecule has 0 N–H and O–H groups in total. The van der Waals surface area contributed by atoms with E-state index in [1.54, 1.807) is 6.07 Å². The van der Waals surface area contributed by atoms with Crippen molar-refractivity contribution in [1.29, 1.82) is 0 Å². The quantitative estimate of drug-likeness (QED) is 0.727. The zero-order valence-corrected chi connectivity index (χ0v) is 10.7. The summed E-state index contributed by atoms with van der Waals surface area (Å²) in [7, 11) is 0. The van der Waals surface area contributed by atoms with Gasteiger partial charge in [0.05, 0.1) is 4.47 Å². The number of halogens is 5. The molecule has 14 heavy (non-hydrogen) atoms. The van der Waals surface area contributed by atoms with E-state index in [1.165, 1.54) is 6.07 Å². The minimum absolute atomic E-state index is 0.0823. The largest absolute Gasteiger partial charge is 0.434 e. The Labute approximate surface area is 102 Å². The lowest BCUT2D eigenvalue weighted by molar-refractivity contribution is -0.0503. The van der Waals surface area contributed by atoms with Crippen LogP contribution in [0.1, 0.15) is 5.56 Å². The molecule has 0 spiro atoms. The van der Waals surface area contributed by atoms with Crippen LogP contribution in [0.2, 0.25) is 0 Å². The Morgan fingerprint density at radius 3 is 2.50 bits per heavy atom. The van der Waals surface area contributed by atoms with E-state index in [0.717, 1.165) is 4.47 Å². The predicted octanol–water partition coefficient (Wildman–Crippen LogP) is 4.55. The van der Waals surface area contributed by atoms with Crippen molar-refractivity contribution in [2.45, 2.75) is 12.5 Å². The van der Waals surface area contributed by atoms with Crippen LogP contribution in [-0.2, 0) is 5.88 Å². The van der Waals surface area contributed by atoms with Crippen LogP contribution in [0.25, 0.3) is 0 Å². The van der Waals surface area contributed by atoms with Crippen LogP contribution in [0, 0.1) is 0 Å². The molecule has 1 aromatic carbocycles. The lowest BCUT2D eigenvalue weighted by Gasteiger charge is -2.10. The third-order valence-electron chi connectivity index (χ3n) is 1.50. The molecule has 0 bridgehead atoms. The molecular weight excluding hydrogens is 345 g/mol. The zero-order chi connectivity index (χ0) is 10.7. The summed E-state index contributed by atoms with van der Waals surface area (Å²) in [5.74, 6) is 0.292. The molecule has 0 saturated carbocycles. The highest BCUT2D eigenvalue weighted by Gasteiger charge is 2.13. The smallest absolute Gasteiger partial charge is 0.387 e. The summed E-state index contributed by atoms with van der Waals surface area (Å²) < 4.78 is 29.4. The van der Waals surface area contributed by atoms with Gasteiger partial charge in [0.2, 0.25) is 0 Å². The molecule has 0 fully saturated rings. The average molecular weight is 350 g/mol. The summed E-state index contributed by atoms with van der Waals surface area (Å²) in [5.41, 5.74) is 0.685. The molecule has 1 aromatic rings. The number of benzene rings is 1. The van der Waals surface area contributed by atoms with Crippen molar-refractivity contribution >= 4 is 43.5 Å². The minimum Gasteiger partial charge on any atom is -0.434 e. The zero-order valence-electron chi connectivity index (χ0n) is 6.74. The van der Waals surface area contributed by atoms with Crippen molar-refractivity contribution in [3.8, 4) is 5.75 Å². The molecule has 0 saturated heterocycles. The molecule has 0 atom stereocenters. The maximum atomic E-state index is 11.9. The number of hydrogen-bond acceptors (Lipinski definition) is 1. The first-order chi connectivity index (χ1) is 6.56. The fourth-order valence-corrected chi connectivity index (χ4v) is 2.80. The Hall–Kier alpha value is 0.130. The second kappa shape index (κ2) is 5.28. The molecule has 1 nitrogen and oxygen atoms in total. The summed E-state index contributed by atoms with van der Waals surface area (Å²) in [6.45, 7) is -2.84. The van der Waals surface area contributed by atoms with E-state index in [4.69, 9.17) is 11.6 Å². The van der Waals surface area contributed by atoms with Crippen molar-refractivity contribution in [2.24, 2.45) is 0 Å². The van der Waals surface area contributed by atoms with Crippen molar-refractivity contribution < 1.29 is 13.5 Å². The third-order valence-corrected chi connectivity index (χ3v) is 3.38. The molecule has 0 radical (unpaired) electrons. The monoisotopic (exact) mass is 348 g/mol. The van der Waals surface area contributed by atoms with Crippen molar-refractivity contribution in [3.05, 3.63) is 26.6 Å². The lowest BCUT2D eigenvalue weighted by atomic mass is 10.2. The number of rotatable bonds is 3. The number of hydrogen-bond donors (Lipinski definition) is 0. The highest BCUT2D eigenvalue weighted by atomic mass is 79.9.